The molecule has 144 valence electrons. The molecule has 2 aromatic carbocycles. The van der Waals surface area contributed by atoms with E-state index in [2.05, 4.69) is 21.2 Å². The molecular weight excluding hydrogens is 460 g/mol. The van der Waals surface area contributed by atoms with Crippen molar-refractivity contribution in [2.45, 2.75) is 6.92 Å². The molecule has 2 amide bonds. The lowest BCUT2D eigenvalue weighted by molar-refractivity contribution is -0.126. The van der Waals surface area contributed by atoms with Gasteiger partial charge in [-0.1, -0.05) is 64.2 Å². The first kappa shape index (κ1) is 20.6. The van der Waals surface area contributed by atoms with Crippen molar-refractivity contribution >= 4 is 67.8 Å². The van der Waals surface area contributed by atoms with E-state index in [9.17, 15) is 9.59 Å². The minimum absolute atomic E-state index is 0.152. The molecule has 0 atom stereocenters. The number of rotatable bonds is 6. The Bertz CT molecular complexity index is 962. The van der Waals surface area contributed by atoms with Crippen molar-refractivity contribution in [1.82, 2.24) is 4.90 Å². The summed E-state index contributed by atoms with van der Waals surface area (Å²) in [7, 11) is 0. The number of thioether (sulfide) groups is 1. The highest BCUT2D eigenvalue weighted by atomic mass is 79.9. The first-order valence-corrected chi connectivity index (χ1v) is 10.5. The summed E-state index contributed by atoms with van der Waals surface area (Å²) in [5.74, 6) is -0.0336. The first-order valence-electron chi connectivity index (χ1n) is 8.50. The second-order valence-corrected chi connectivity index (χ2v) is 8.39. The summed E-state index contributed by atoms with van der Waals surface area (Å²) in [6.45, 7) is 2.21. The maximum atomic E-state index is 12.7. The molecule has 0 saturated carbocycles. The zero-order chi connectivity index (χ0) is 20.1. The van der Waals surface area contributed by atoms with Crippen LogP contribution in [0.3, 0.4) is 0 Å². The van der Waals surface area contributed by atoms with Crippen LogP contribution in [0.2, 0.25) is 0 Å². The molecule has 1 N–H and O–H groups in total. The normalized spacial score (nSPS) is 15.2. The second kappa shape index (κ2) is 9.36. The first-order chi connectivity index (χ1) is 13.5. The van der Waals surface area contributed by atoms with E-state index in [4.69, 9.17) is 17.0 Å². The van der Waals surface area contributed by atoms with E-state index in [1.165, 1.54) is 16.7 Å². The molecule has 1 saturated heterocycles. The summed E-state index contributed by atoms with van der Waals surface area (Å²) in [6.07, 6.45) is 1.77. The van der Waals surface area contributed by atoms with Gasteiger partial charge in [0.2, 0.25) is 5.91 Å². The predicted octanol–water partition coefficient (Wildman–Crippen LogP) is 4.69. The smallest absolute Gasteiger partial charge is 0.266 e. The summed E-state index contributed by atoms with van der Waals surface area (Å²) in [5.41, 5.74) is 1.44. The molecule has 8 heteroatoms. The van der Waals surface area contributed by atoms with Crippen LogP contribution in [0.4, 0.5) is 5.69 Å². The zero-order valence-electron chi connectivity index (χ0n) is 15.0. The molecule has 2 aromatic rings. The topological polar surface area (TPSA) is 58.6 Å². The van der Waals surface area contributed by atoms with Gasteiger partial charge in [0.05, 0.1) is 17.2 Å². The lowest BCUT2D eigenvalue weighted by Gasteiger charge is -2.15. The minimum Gasteiger partial charge on any atom is -0.492 e. The van der Waals surface area contributed by atoms with Gasteiger partial charge in [-0.15, -0.1) is 0 Å². The number of amides is 2. The molecule has 5 nitrogen and oxygen atoms in total. The zero-order valence-corrected chi connectivity index (χ0v) is 18.2. The van der Waals surface area contributed by atoms with Crippen molar-refractivity contribution < 1.29 is 14.3 Å². The SMILES string of the molecule is CCOc1ccccc1NC(=O)CN1C(=O)/C(=C/c2cccc(Br)c2)SC1=S. The number of nitrogens with one attached hydrogen (secondary N) is 1. The highest BCUT2D eigenvalue weighted by Gasteiger charge is 2.33. The molecule has 0 aliphatic carbocycles. The number of para-hydroxylation sites is 2. The highest BCUT2D eigenvalue weighted by molar-refractivity contribution is 9.10. The molecule has 1 heterocycles. The third-order valence-corrected chi connectivity index (χ3v) is 5.65. The average molecular weight is 477 g/mol. The molecule has 0 bridgehead atoms. The number of carbonyl (C=O) groups excluding carboxylic acids is 2. The fourth-order valence-corrected chi connectivity index (χ4v) is 4.24. The van der Waals surface area contributed by atoms with Crippen LogP contribution in [0.25, 0.3) is 6.08 Å². The van der Waals surface area contributed by atoms with Crippen LogP contribution in [0.1, 0.15) is 12.5 Å². The van der Waals surface area contributed by atoms with E-state index in [0.717, 1.165) is 10.0 Å². The fourth-order valence-electron chi connectivity index (χ4n) is 2.57. The van der Waals surface area contributed by atoms with Gasteiger partial charge in [-0.05, 0) is 42.8 Å². The minimum atomic E-state index is -0.341. The molecule has 0 unspecified atom stereocenters. The van der Waals surface area contributed by atoms with Crippen molar-refractivity contribution in [3.8, 4) is 5.75 Å². The maximum Gasteiger partial charge on any atom is 0.266 e. The van der Waals surface area contributed by atoms with Gasteiger partial charge in [-0.2, -0.15) is 0 Å². The van der Waals surface area contributed by atoms with Crippen molar-refractivity contribution in [3.63, 3.8) is 0 Å². The van der Waals surface area contributed by atoms with Crippen molar-refractivity contribution in [1.29, 1.82) is 0 Å². The van der Waals surface area contributed by atoms with Gasteiger partial charge in [-0.3, -0.25) is 14.5 Å². The van der Waals surface area contributed by atoms with E-state index < -0.39 is 0 Å². The van der Waals surface area contributed by atoms with Gasteiger partial charge < -0.3 is 10.1 Å². The lowest BCUT2D eigenvalue weighted by atomic mass is 10.2. The van der Waals surface area contributed by atoms with Gasteiger partial charge in [0, 0.05) is 4.47 Å². The van der Waals surface area contributed by atoms with E-state index in [-0.39, 0.29) is 18.4 Å². The second-order valence-electron chi connectivity index (χ2n) is 5.80. The Hall–Kier alpha value is -2.16. The Labute approximate surface area is 181 Å². The van der Waals surface area contributed by atoms with Gasteiger partial charge in [0.15, 0.2) is 0 Å². The van der Waals surface area contributed by atoms with Crippen LogP contribution in [-0.2, 0) is 9.59 Å². The third-order valence-electron chi connectivity index (χ3n) is 3.78. The third kappa shape index (κ3) is 5.01. The van der Waals surface area contributed by atoms with Crippen LogP contribution >= 0.6 is 39.9 Å². The van der Waals surface area contributed by atoms with Crippen LogP contribution in [-0.4, -0.2) is 34.2 Å². The molecule has 28 heavy (non-hydrogen) atoms. The van der Waals surface area contributed by atoms with Crippen LogP contribution in [0.5, 0.6) is 5.75 Å². The molecule has 3 rings (SSSR count). The quantitative estimate of drug-likeness (QED) is 0.484. The Balaban J connectivity index is 1.70. The van der Waals surface area contributed by atoms with E-state index in [0.29, 0.717) is 27.3 Å². The van der Waals surface area contributed by atoms with E-state index in [1.54, 1.807) is 24.3 Å². The number of benzene rings is 2. The predicted molar refractivity (Wildman–Crippen MR) is 120 cm³/mol. The lowest BCUT2D eigenvalue weighted by Crippen LogP contribution is -2.36. The summed E-state index contributed by atoms with van der Waals surface area (Å²) in [4.78, 5) is 27.0. The Kier molecular flexibility index (Phi) is 6.88. The largest absolute Gasteiger partial charge is 0.492 e. The number of hydrogen-bond donors (Lipinski definition) is 1. The molecule has 0 spiro atoms. The number of carbonyl (C=O) groups is 2. The van der Waals surface area contributed by atoms with Gasteiger partial charge in [-0.25, -0.2) is 0 Å². The summed E-state index contributed by atoms with van der Waals surface area (Å²) in [5, 5.41) is 2.78. The van der Waals surface area contributed by atoms with E-state index in [1.807, 2.05) is 37.3 Å². The van der Waals surface area contributed by atoms with Crippen molar-refractivity contribution in [3.05, 3.63) is 63.5 Å². The standard InChI is InChI=1S/C20H17BrN2O3S2/c1-2-26-16-9-4-3-8-15(16)22-18(24)12-23-19(25)17(28-20(23)27)11-13-6-5-7-14(21)10-13/h3-11H,2,12H2,1H3,(H,22,24)/b17-11-. The highest BCUT2D eigenvalue weighted by Crippen LogP contribution is 2.33. The molecule has 1 fully saturated rings. The monoisotopic (exact) mass is 476 g/mol. The van der Waals surface area contributed by atoms with Gasteiger partial charge >= 0.3 is 0 Å². The number of nitrogens with zero attached hydrogens (tertiary/aromatic N) is 1. The van der Waals surface area contributed by atoms with Gasteiger partial charge in [0.25, 0.3) is 5.91 Å². The van der Waals surface area contributed by atoms with Crippen LogP contribution in [0, 0.1) is 0 Å². The van der Waals surface area contributed by atoms with E-state index >= 15 is 0 Å². The summed E-state index contributed by atoms with van der Waals surface area (Å²) in [6, 6.07) is 14.8. The molecular formula is C20H17BrN2O3S2. The number of hydrogen-bond acceptors (Lipinski definition) is 5. The Morgan fingerprint density at radius 2 is 2.07 bits per heavy atom. The molecule has 1 aliphatic heterocycles. The maximum absolute atomic E-state index is 12.7. The average Bonchev–Trinajstić information content (AvgIpc) is 2.91. The molecule has 1 aliphatic rings. The Morgan fingerprint density at radius 3 is 2.82 bits per heavy atom. The number of anilines is 1. The fraction of sp³-hybridized carbons (Fsp3) is 0.150. The molecule has 0 radical (unpaired) electrons. The number of thiocarbonyl (C=S) groups is 1. The summed E-state index contributed by atoms with van der Waals surface area (Å²) >= 11 is 9.90. The number of ether oxygens (including phenoxy) is 1. The van der Waals surface area contributed by atoms with Crippen LogP contribution < -0.4 is 10.1 Å². The molecule has 0 aromatic heterocycles. The Morgan fingerprint density at radius 1 is 1.29 bits per heavy atom. The van der Waals surface area contributed by atoms with Crippen molar-refractivity contribution in [2.75, 3.05) is 18.5 Å². The summed E-state index contributed by atoms with van der Waals surface area (Å²) < 4.78 is 6.79. The van der Waals surface area contributed by atoms with Crippen molar-refractivity contribution in [2.24, 2.45) is 0 Å². The van der Waals surface area contributed by atoms with Gasteiger partial charge in [0.1, 0.15) is 16.6 Å². The number of halogens is 1. The van der Waals surface area contributed by atoms with Crippen LogP contribution in [0.15, 0.2) is 57.9 Å².